The van der Waals surface area contributed by atoms with E-state index in [1.807, 2.05) is 11.9 Å². The lowest BCUT2D eigenvalue weighted by Gasteiger charge is -2.33. The zero-order chi connectivity index (χ0) is 22.5. The topological polar surface area (TPSA) is 47.8 Å². The Balaban J connectivity index is 0.00000107. The van der Waals surface area contributed by atoms with Gasteiger partial charge in [0, 0.05) is 49.9 Å². The zero-order valence-electron chi connectivity index (χ0n) is 19.4. The van der Waals surface area contributed by atoms with Crippen molar-refractivity contribution in [3.05, 3.63) is 72.3 Å². The molecule has 0 bridgehead atoms. The summed E-state index contributed by atoms with van der Waals surface area (Å²) in [6, 6.07) is 19.0. The maximum Gasteiger partial charge on any atom is 0.0546 e. The van der Waals surface area contributed by atoms with Crippen molar-refractivity contribution in [2.45, 2.75) is 26.8 Å². The van der Waals surface area contributed by atoms with Crippen LogP contribution in [0.15, 0.2) is 61.2 Å². The van der Waals surface area contributed by atoms with Gasteiger partial charge < -0.3 is 14.6 Å². The van der Waals surface area contributed by atoms with Crippen molar-refractivity contribution in [3.63, 3.8) is 0 Å². The molecule has 0 unspecified atom stereocenters. The lowest BCUT2D eigenvalue weighted by molar-refractivity contribution is 0.161. The van der Waals surface area contributed by atoms with E-state index >= 15 is 0 Å². The highest BCUT2D eigenvalue weighted by Crippen LogP contribution is 2.25. The second-order valence-corrected chi connectivity index (χ2v) is 8.98. The molecule has 3 rings (SSSR count). The Bertz CT molecular complexity index is 742. The molecule has 0 saturated carbocycles. The summed E-state index contributed by atoms with van der Waals surface area (Å²) in [4.78, 5) is 4.97. The van der Waals surface area contributed by atoms with Gasteiger partial charge >= 0.3 is 0 Å². The van der Waals surface area contributed by atoms with E-state index < -0.39 is 0 Å². The van der Waals surface area contributed by atoms with Crippen molar-refractivity contribution in [3.8, 4) is 0 Å². The van der Waals surface area contributed by atoms with E-state index in [4.69, 9.17) is 5.84 Å². The first-order chi connectivity index (χ1) is 15.1. The molecule has 0 atom stereocenters. The van der Waals surface area contributed by atoms with Gasteiger partial charge in [-0.1, -0.05) is 69.3 Å². The normalized spacial score (nSPS) is 14.5. The quantitative estimate of drug-likeness (QED) is 0.341. The van der Waals surface area contributed by atoms with Crippen molar-refractivity contribution < 1.29 is 0 Å². The number of rotatable bonds is 9. The number of likely N-dealkylation sites (N-methyl/N-ethyl adjacent to an activating group) is 1. The fourth-order valence-electron chi connectivity index (χ4n) is 3.22. The van der Waals surface area contributed by atoms with Crippen LogP contribution in [0.2, 0.25) is 0 Å². The molecule has 0 amide bonds. The first kappa shape index (κ1) is 25.3. The van der Waals surface area contributed by atoms with Crippen LogP contribution in [0.5, 0.6) is 0 Å². The molecule has 1 heterocycles. The molecule has 2 aromatic carbocycles. The maximum atomic E-state index is 5.46. The molecule has 2 aromatic rings. The molecule has 1 fully saturated rings. The summed E-state index contributed by atoms with van der Waals surface area (Å²) in [5.41, 5.74) is 6.86. The van der Waals surface area contributed by atoms with E-state index in [-0.39, 0.29) is 0 Å². The number of piperazine rings is 1. The summed E-state index contributed by atoms with van der Waals surface area (Å²) in [5, 5.41) is 0. The van der Waals surface area contributed by atoms with Gasteiger partial charge in [-0.05, 0) is 42.3 Å². The molecule has 31 heavy (non-hydrogen) atoms. The minimum absolute atomic E-state index is 0.730. The van der Waals surface area contributed by atoms with Gasteiger partial charge in [0.2, 0.25) is 0 Å². The largest absolute Gasteiger partial charge is 0.324 e. The van der Waals surface area contributed by atoms with Crippen molar-refractivity contribution in [2.75, 3.05) is 49.8 Å². The summed E-state index contributed by atoms with van der Waals surface area (Å²) in [5.74, 6) is 6.54. The van der Waals surface area contributed by atoms with E-state index in [0.717, 1.165) is 30.1 Å². The second kappa shape index (κ2) is 14.1. The Morgan fingerprint density at radius 3 is 2.23 bits per heavy atom. The molecule has 0 aromatic heterocycles. The van der Waals surface area contributed by atoms with Gasteiger partial charge in [0.05, 0.1) is 6.54 Å². The molecule has 5 nitrogen and oxygen atoms in total. The first-order valence-electron chi connectivity index (χ1n) is 11.2. The smallest absolute Gasteiger partial charge is 0.0546 e. The van der Waals surface area contributed by atoms with Crippen molar-refractivity contribution in [1.29, 1.82) is 0 Å². The summed E-state index contributed by atoms with van der Waals surface area (Å²) < 4.78 is 2.39. The highest BCUT2D eigenvalue weighted by Gasteiger charge is 2.14. The van der Waals surface area contributed by atoms with E-state index in [2.05, 4.69) is 102 Å². The number of hydrogen-bond donors (Lipinski definition) is 2. The monoisotopic (exact) mass is 441 g/mol. The maximum absolute atomic E-state index is 5.46. The van der Waals surface area contributed by atoms with Gasteiger partial charge in [-0.2, -0.15) is 0 Å². The van der Waals surface area contributed by atoms with Gasteiger partial charge in [0.1, 0.15) is 0 Å². The summed E-state index contributed by atoms with van der Waals surface area (Å²) in [6.07, 6.45) is 1.25. The number of anilines is 1. The van der Waals surface area contributed by atoms with E-state index in [1.54, 1.807) is 0 Å². The average Bonchev–Trinajstić information content (AvgIpc) is 2.81. The van der Waals surface area contributed by atoms with Gasteiger partial charge in [-0.25, -0.2) is 0 Å². The van der Waals surface area contributed by atoms with Crippen LogP contribution in [0.25, 0.3) is 5.70 Å². The fourth-order valence-corrected chi connectivity index (χ4v) is 4.29. The van der Waals surface area contributed by atoms with Gasteiger partial charge in [-0.15, -0.1) is 0 Å². The molecule has 0 radical (unpaired) electrons. The molecule has 1 aliphatic heterocycles. The number of hydrogen-bond acceptors (Lipinski definition) is 6. The summed E-state index contributed by atoms with van der Waals surface area (Å²) >= 11 is 1.91. The predicted molar refractivity (Wildman–Crippen MR) is 138 cm³/mol. The Morgan fingerprint density at radius 1 is 1.03 bits per heavy atom. The summed E-state index contributed by atoms with van der Waals surface area (Å²) in [6.45, 7) is 14.8. The first-order valence-corrected chi connectivity index (χ1v) is 12.1. The molecular weight excluding hydrogens is 402 g/mol. The second-order valence-electron chi connectivity index (χ2n) is 7.88. The number of hydrazine groups is 1. The molecule has 1 aliphatic rings. The average molecular weight is 442 g/mol. The lowest BCUT2D eigenvalue weighted by atomic mass is 10.1. The van der Waals surface area contributed by atoms with Gasteiger partial charge in [0.25, 0.3) is 0 Å². The zero-order valence-corrected chi connectivity index (χ0v) is 20.2. The van der Waals surface area contributed by atoms with Crippen LogP contribution in [0.3, 0.4) is 0 Å². The summed E-state index contributed by atoms with van der Waals surface area (Å²) in [7, 11) is 2.20. The molecule has 3 N–H and O–H groups in total. The minimum atomic E-state index is 0.730. The highest BCUT2D eigenvalue weighted by atomic mass is 32.2. The van der Waals surface area contributed by atoms with Crippen molar-refractivity contribution >= 4 is 23.3 Å². The Morgan fingerprint density at radius 2 is 1.65 bits per heavy atom. The highest BCUT2D eigenvalue weighted by molar-refractivity contribution is 8.00. The molecule has 0 spiro atoms. The van der Waals surface area contributed by atoms with Gasteiger partial charge in [0.15, 0.2) is 0 Å². The number of nitrogens with zero attached hydrogens (tertiary/aromatic N) is 3. The third-order valence-electron chi connectivity index (χ3n) is 5.10. The molecular formula is C25H39N5S. The Hall–Kier alpha value is -1.99. The fraction of sp³-hybridized carbons (Fsp3) is 0.440. The third kappa shape index (κ3) is 8.95. The Labute approximate surface area is 193 Å². The van der Waals surface area contributed by atoms with Gasteiger partial charge in [-0.3, -0.25) is 10.7 Å². The van der Waals surface area contributed by atoms with Crippen molar-refractivity contribution in [1.82, 2.24) is 15.2 Å². The van der Waals surface area contributed by atoms with Crippen LogP contribution in [-0.4, -0.2) is 55.3 Å². The van der Waals surface area contributed by atoms with Crippen LogP contribution >= 0.6 is 11.9 Å². The van der Waals surface area contributed by atoms with E-state index in [1.165, 1.54) is 43.9 Å². The predicted octanol–water partition coefficient (Wildman–Crippen LogP) is 4.44. The van der Waals surface area contributed by atoms with E-state index in [9.17, 15) is 0 Å². The van der Waals surface area contributed by atoms with Crippen LogP contribution in [0.4, 0.5) is 5.69 Å². The standard InChI is InChI=1S/C22H31N5S.C3H8/c1-19(24-23)21-10-8-20(9-11-21)18-27(22-6-4-3-5-7-22)28-17-16-26-14-12-25(2)13-15-26;1-3-2/h3-11,24H,1,12-18,23H2,2H3;3H2,1-2H3. The molecule has 0 aliphatic carbocycles. The van der Waals surface area contributed by atoms with E-state index in [0.29, 0.717) is 0 Å². The third-order valence-corrected chi connectivity index (χ3v) is 6.11. The molecule has 1 saturated heterocycles. The minimum Gasteiger partial charge on any atom is -0.324 e. The van der Waals surface area contributed by atoms with Crippen LogP contribution < -0.4 is 15.6 Å². The molecule has 170 valence electrons. The number of para-hydroxylation sites is 1. The van der Waals surface area contributed by atoms with Crippen molar-refractivity contribution in [2.24, 2.45) is 5.84 Å². The number of nitrogens with two attached hydrogens (primary N) is 1. The van der Waals surface area contributed by atoms with Crippen LogP contribution in [0.1, 0.15) is 31.4 Å². The number of benzene rings is 2. The van der Waals surface area contributed by atoms with Crippen LogP contribution in [-0.2, 0) is 6.54 Å². The SMILES string of the molecule is C=C(NN)c1ccc(CN(SCCN2CCN(C)CC2)c2ccccc2)cc1.CCC. The number of nitrogens with one attached hydrogen (secondary N) is 1. The lowest BCUT2D eigenvalue weighted by Crippen LogP contribution is -2.45. The Kier molecular flexibility index (Phi) is 11.5. The van der Waals surface area contributed by atoms with Crippen LogP contribution in [0, 0.1) is 0 Å². The molecule has 6 heteroatoms.